The van der Waals surface area contributed by atoms with Crippen LogP contribution in [-0.2, 0) is 6.42 Å². The highest BCUT2D eigenvalue weighted by Crippen LogP contribution is 2.14. The van der Waals surface area contributed by atoms with Crippen molar-refractivity contribution < 1.29 is 0 Å². The van der Waals surface area contributed by atoms with Gasteiger partial charge in [0.05, 0.1) is 0 Å². The summed E-state index contributed by atoms with van der Waals surface area (Å²) < 4.78 is 0. The van der Waals surface area contributed by atoms with Gasteiger partial charge in [-0.1, -0.05) is 44.0 Å². The zero-order valence-corrected chi connectivity index (χ0v) is 9.66. The highest BCUT2D eigenvalue weighted by Gasteiger charge is 1.99. The summed E-state index contributed by atoms with van der Waals surface area (Å²) in [7, 11) is 0. The Hall–Kier alpha value is -0.200. The van der Waals surface area contributed by atoms with Gasteiger partial charge in [-0.2, -0.15) is 0 Å². The number of hydrogen-bond donors (Lipinski definition) is 0. The van der Waals surface area contributed by atoms with Crippen LogP contribution in [0, 0.1) is 5.92 Å². The highest BCUT2D eigenvalue weighted by atomic mass is 35.5. The minimum absolute atomic E-state index is 0. The third kappa shape index (κ3) is 4.54. The van der Waals surface area contributed by atoms with Crippen LogP contribution in [0.15, 0.2) is 24.3 Å². The summed E-state index contributed by atoms with van der Waals surface area (Å²) in [4.78, 5) is 0. The summed E-state index contributed by atoms with van der Waals surface area (Å²) in [6.45, 7) is 4.50. The number of hydrogen-bond acceptors (Lipinski definition) is 0. The fraction of sp³-hybridized carbons (Fsp3) is 0.455. The van der Waals surface area contributed by atoms with Crippen molar-refractivity contribution in [2.24, 2.45) is 5.92 Å². The van der Waals surface area contributed by atoms with Crippen molar-refractivity contribution in [3.05, 3.63) is 34.9 Å². The minimum Gasteiger partial charge on any atom is -0.147 e. The van der Waals surface area contributed by atoms with Crippen molar-refractivity contribution in [1.82, 2.24) is 0 Å². The zero-order chi connectivity index (χ0) is 8.97. The summed E-state index contributed by atoms with van der Waals surface area (Å²) in [6, 6.07) is 8.13. The standard InChI is InChI=1S/C11H15Cl.ClH/c1-3-9(2)8-10-4-6-11(12)7-5-10;/h4-7,9H,3,8H2,1-2H3;1H. The molecule has 1 rings (SSSR count). The van der Waals surface area contributed by atoms with Crippen molar-refractivity contribution in [2.45, 2.75) is 26.7 Å². The van der Waals surface area contributed by atoms with Gasteiger partial charge in [-0.3, -0.25) is 0 Å². The molecule has 74 valence electrons. The van der Waals surface area contributed by atoms with Gasteiger partial charge in [0.1, 0.15) is 0 Å². The van der Waals surface area contributed by atoms with Crippen LogP contribution in [-0.4, -0.2) is 0 Å². The van der Waals surface area contributed by atoms with E-state index in [1.54, 1.807) is 0 Å². The van der Waals surface area contributed by atoms with Gasteiger partial charge < -0.3 is 0 Å². The van der Waals surface area contributed by atoms with E-state index in [1.807, 2.05) is 12.1 Å². The van der Waals surface area contributed by atoms with Gasteiger partial charge >= 0.3 is 0 Å². The van der Waals surface area contributed by atoms with Gasteiger partial charge in [-0.25, -0.2) is 0 Å². The maximum Gasteiger partial charge on any atom is 0.0406 e. The quantitative estimate of drug-likeness (QED) is 0.708. The van der Waals surface area contributed by atoms with Crippen LogP contribution in [0.2, 0.25) is 5.02 Å². The largest absolute Gasteiger partial charge is 0.147 e. The van der Waals surface area contributed by atoms with Crippen LogP contribution in [0.1, 0.15) is 25.8 Å². The molecule has 0 aliphatic heterocycles. The lowest BCUT2D eigenvalue weighted by atomic mass is 9.99. The molecule has 0 spiro atoms. The van der Waals surface area contributed by atoms with Crippen LogP contribution in [0.4, 0.5) is 0 Å². The molecule has 0 aliphatic carbocycles. The van der Waals surface area contributed by atoms with Gasteiger partial charge in [-0.15, -0.1) is 12.4 Å². The molecule has 1 unspecified atom stereocenters. The van der Waals surface area contributed by atoms with E-state index >= 15 is 0 Å². The molecule has 0 aliphatic rings. The average molecular weight is 219 g/mol. The number of benzene rings is 1. The lowest BCUT2D eigenvalue weighted by Gasteiger charge is -2.07. The molecule has 1 aromatic rings. The molecule has 0 bridgehead atoms. The molecular weight excluding hydrogens is 203 g/mol. The molecular formula is C11H16Cl2. The van der Waals surface area contributed by atoms with Crippen molar-refractivity contribution >= 4 is 24.0 Å². The minimum atomic E-state index is 0. The zero-order valence-electron chi connectivity index (χ0n) is 8.09. The molecule has 0 saturated heterocycles. The Morgan fingerprint density at radius 3 is 2.23 bits per heavy atom. The average Bonchev–Trinajstić information content (AvgIpc) is 2.09. The molecule has 0 N–H and O–H groups in total. The summed E-state index contributed by atoms with van der Waals surface area (Å²) in [5, 5.41) is 0.822. The second-order valence-corrected chi connectivity index (χ2v) is 3.78. The molecule has 13 heavy (non-hydrogen) atoms. The molecule has 0 aromatic heterocycles. The van der Waals surface area contributed by atoms with Gasteiger partial charge in [0, 0.05) is 5.02 Å². The predicted molar refractivity (Wildman–Crippen MR) is 61.9 cm³/mol. The Morgan fingerprint density at radius 1 is 1.23 bits per heavy atom. The molecule has 0 nitrogen and oxygen atoms in total. The maximum absolute atomic E-state index is 5.78. The third-order valence-corrected chi connectivity index (χ3v) is 2.45. The first-order valence-corrected chi connectivity index (χ1v) is 4.84. The Bertz CT molecular complexity index is 228. The third-order valence-electron chi connectivity index (χ3n) is 2.19. The lowest BCUT2D eigenvalue weighted by Crippen LogP contribution is -1.96. The van der Waals surface area contributed by atoms with E-state index in [-0.39, 0.29) is 12.4 Å². The van der Waals surface area contributed by atoms with Crippen molar-refractivity contribution in [3.8, 4) is 0 Å². The molecule has 1 atom stereocenters. The van der Waals surface area contributed by atoms with Gasteiger partial charge in [0.15, 0.2) is 0 Å². The maximum atomic E-state index is 5.78. The van der Waals surface area contributed by atoms with Crippen LogP contribution < -0.4 is 0 Å². The molecule has 0 radical (unpaired) electrons. The van der Waals surface area contributed by atoms with Gasteiger partial charge in [0.25, 0.3) is 0 Å². The van der Waals surface area contributed by atoms with E-state index in [0.29, 0.717) is 0 Å². The van der Waals surface area contributed by atoms with E-state index in [1.165, 1.54) is 12.0 Å². The predicted octanol–water partition coefficient (Wildman–Crippen LogP) is 4.35. The second kappa shape index (κ2) is 6.28. The van der Waals surface area contributed by atoms with Crippen LogP contribution in [0.5, 0.6) is 0 Å². The van der Waals surface area contributed by atoms with Crippen LogP contribution in [0.3, 0.4) is 0 Å². The van der Waals surface area contributed by atoms with Gasteiger partial charge in [-0.05, 0) is 30.0 Å². The first kappa shape index (κ1) is 12.8. The van der Waals surface area contributed by atoms with Crippen molar-refractivity contribution in [2.75, 3.05) is 0 Å². The summed E-state index contributed by atoms with van der Waals surface area (Å²) in [5.41, 5.74) is 1.38. The molecule has 0 fully saturated rings. The number of halogens is 2. The SMILES string of the molecule is CCC(C)Cc1ccc(Cl)cc1.Cl. The Balaban J connectivity index is 0.00000144. The molecule has 0 heterocycles. The fourth-order valence-corrected chi connectivity index (χ4v) is 1.29. The molecule has 2 heteroatoms. The van der Waals surface area contributed by atoms with E-state index in [9.17, 15) is 0 Å². The summed E-state index contributed by atoms with van der Waals surface area (Å²) in [5.74, 6) is 0.770. The van der Waals surface area contributed by atoms with E-state index in [2.05, 4.69) is 26.0 Å². The second-order valence-electron chi connectivity index (χ2n) is 3.34. The van der Waals surface area contributed by atoms with Crippen LogP contribution in [0.25, 0.3) is 0 Å². The van der Waals surface area contributed by atoms with Gasteiger partial charge in [0.2, 0.25) is 0 Å². The molecule has 1 aromatic carbocycles. The van der Waals surface area contributed by atoms with E-state index < -0.39 is 0 Å². The Kier molecular flexibility index (Phi) is 6.19. The lowest BCUT2D eigenvalue weighted by molar-refractivity contribution is 0.560. The first-order valence-electron chi connectivity index (χ1n) is 4.46. The topological polar surface area (TPSA) is 0 Å². The van der Waals surface area contributed by atoms with E-state index in [4.69, 9.17) is 11.6 Å². The summed E-state index contributed by atoms with van der Waals surface area (Å²) in [6.07, 6.45) is 2.40. The molecule has 0 saturated carbocycles. The monoisotopic (exact) mass is 218 g/mol. The number of rotatable bonds is 3. The van der Waals surface area contributed by atoms with Crippen molar-refractivity contribution in [1.29, 1.82) is 0 Å². The Labute approximate surface area is 91.7 Å². The normalized spacial score (nSPS) is 11.9. The fourth-order valence-electron chi connectivity index (χ4n) is 1.17. The van der Waals surface area contributed by atoms with E-state index in [0.717, 1.165) is 17.4 Å². The van der Waals surface area contributed by atoms with Crippen LogP contribution >= 0.6 is 24.0 Å². The summed E-state index contributed by atoms with van der Waals surface area (Å²) >= 11 is 5.78. The highest BCUT2D eigenvalue weighted by molar-refractivity contribution is 6.30. The van der Waals surface area contributed by atoms with Crippen molar-refractivity contribution in [3.63, 3.8) is 0 Å². The Morgan fingerprint density at radius 2 is 1.77 bits per heavy atom. The smallest absolute Gasteiger partial charge is 0.0406 e. The first-order chi connectivity index (χ1) is 5.72. The molecule has 0 amide bonds.